The molecule has 1 aromatic rings. The number of benzene rings is 1. The van der Waals surface area contributed by atoms with Gasteiger partial charge in [0.25, 0.3) is 0 Å². The summed E-state index contributed by atoms with van der Waals surface area (Å²) in [5, 5.41) is 3.03. The van der Waals surface area contributed by atoms with Crippen molar-refractivity contribution in [1.29, 1.82) is 0 Å². The van der Waals surface area contributed by atoms with Gasteiger partial charge in [-0.1, -0.05) is 30.3 Å². The average Bonchev–Trinajstić information content (AvgIpc) is 2.93. The van der Waals surface area contributed by atoms with Gasteiger partial charge >= 0.3 is 0 Å². The highest BCUT2D eigenvalue weighted by molar-refractivity contribution is 7.91. The second-order valence-corrected chi connectivity index (χ2v) is 9.63. The lowest BCUT2D eigenvalue weighted by molar-refractivity contribution is -0.122. The lowest BCUT2D eigenvalue weighted by Gasteiger charge is -2.29. The Hall–Kier alpha value is -1.36. The monoisotopic (exact) mass is 349 g/mol. The number of carbonyl (C=O) groups excluding carboxylic acids is 1. The summed E-state index contributed by atoms with van der Waals surface area (Å²) < 4.78 is 22.9. The van der Waals surface area contributed by atoms with E-state index < -0.39 is 9.84 Å². The van der Waals surface area contributed by atoms with Crippen LogP contribution in [0.1, 0.15) is 50.0 Å². The van der Waals surface area contributed by atoms with Crippen molar-refractivity contribution in [2.24, 2.45) is 11.8 Å². The fourth-order valence-corrected chi connectivity index (χ4v) is 5.91. The number of sulfone groups is 1. The van der Waals surface area contributed by atoms with E-state index in [2.05, 4.69) is 35.6 Å². The maximum Gasteiger partial charge on any atom is 0.220 e. The number of carbonyl (C=O) groups is 1. The summed E-state index contributed by atoms with van der Waals surface area (Å²) >= 11 is 0. The predicted molar refractivity (Wildman–Crippen MR) is 95.5 cm³/mol. The van der Waals surface area contributed by atoms with Gasteiger partial charge in [0.2, 0.25) is 5.91 Å². The summed E-state index contributed by atoms with van der Waals surface area (Å²) in [6, 6.07) is 10.7. The van der Waals surface area contributed by atoms with Gasteiger partial charge in [0.15, 0.2) is 9.84 Å². The Labute approximate surface area is 145 Å². The molecule has 0 spiro atoms. The smallest absolute Gasteiger partial charge is 0.220 e. The van der Waals surface area contributed by atoms with E-state index in [1.807, 2.05) is 0 Å². The zero-order valence-corrected chi connectivity index (χ0v) is 14.9. The van der Waals surface area contributed by atoms with E-state index in [9.17, 15) is 13.2 Å². The lowest BCUT2D eigenvalue weighted by Crippen LogP contribution is -2.32. The zero-order valence-electron chi connectivity index (χ0n) is 14.1. The SMILES string of the molecule is O=C(C[C@@H]1CCS(=O)(=O)C1)NCC1CCC(c2ccccc2)CC1. The summed E-state index contributed by atoms with van der Waals surface area (Å²) in [6.45, 7) is 0.736. The van der Waals surface area contributed by atoms with Crippen LogP contribution in [-0.4, -0.2) is 32.4 Å². The van der Waals surface area contributed by atoms with Crippen LogP contribution in [0.3, 0.4) is 0 Å². The number of amides is 1. The third-order valence-corrected chi connectivity index (χ3v) is 7.34. The molecular formula is C19H27NO3S. The van der Waals surface area contributed by atoms with Crippen LogP contribution in [0.15, 0.2) is 30.3 Å². The molecule has 1 atom stereocenters. The fourth-order valence-electron chi connectivity index (χ4n) is 4.05. The normalized spacial score (nSPS) is 29.2. The van der Waals surface area contributed by atoms with Gasteiger partial charge in [-0.3, -0.25) is 4.79 Å². The third kappa shape index (κ3) is 4.82. The largest absolute Gasteiger partial charge is 0.356 e. The Morgan fingerprint density at radius 2 is 1.71 bits per heavy atom. The van der Waals surface area contributed by atoms with Gasteiger partial charge in [0.05, 0.1) is 11.5 Å². The molecule has 2 aliphatic rings. The van der Waals surface area contributed by atoms with Crippen molar-refractivity contribution in [3.05, 3.63) is 35.9 Å². The average molecular weight is 349 g/mol. The molecule has 3 rings (SSSR count). The predicted octanol–water partition coefficient (Wildman–Crippen LogP) is 2.90. The molecule has 1 N–H and O–H groups in total. The van der Waals surface area contributed by atoms with Crippen molar-refractivity contribution >= 4 is 15.7 Å². The maximum absolute atomic E-state index is 12.0. The van der Waals surface area contributed by atoms with Crippen molar-refractivity contribution in [2.75, 3.05) is 18.1 Å². The molecule has 1 aromatic carbocycles. The van der Waals surface area contributed by atoms with Crippen molar-refractivity contribution in [1.82, 2.24) is 5.32 Å². The van der Waals surface area contributed by atoms with Gasteiger partial charge in [-0.25, -0.2) is 8.42 Å². The van der Waals surface area contributed by atoms with Crippen LogP contribution in [0.2, 0.25) is 0 Å². The van der Waals surface area contributed by atoms with E-state index in [1.165, 1.54) is 18.4 Å². The molecule has 2 fully saturated rings. The van der Waals surface area contributed by atoms with Crippen molar-refractivity contribution < 1.29 is 13.2 Å². The number of rotatable bonds is 5. The minimum atomic E-state index is -2.89. The first-order chi connectivity index (χ1) is 11.5. The van der Waals surface area contributed by atoms with E-state index in [-0.39, 0.29) is 23.3 Å². The molecule has 4 nitrogen and oxygen atoms in total. The molecule has 1 aliphatic heterocycles. The highest BCUT2D eigenvalue weighted by Gasteiger charge is 2.29. The van der Waals surface area contributed by atoms with Crippen LogP contribution in [0, 0.1) is 11.8 Å². The molecule has 1 heterocycles. The first-order valence-corrected chi connectivity index (χ1v) is 10.9. The van der Waals surface area contributed by atoms with Gasteiger partial charge in [-0.05, 0) is 55.4 Å². The van der Waals surface area contributed by atoms with E-state index >= 15 is 0 Å². The van der Waals surface area contributed by atoms with E-state index in [0.717, 1.165) is 19.4 Å². The molecule has 1 saturated carbocycles. The maximum atomic E-state index is 12.0. The molecular weight excluding hydrogens is 322 g/mol. The van der Waals surface area contributed by atoms with Crippen molar-refractivity contribution in [2.45, 2.75) is 44.4 Å². The quantitative estimate of drug-likeness (QED) is 0.889. The minimum Gasteiger partial charge on any atom is -0.356 e. The van der Waals surface area contributed by atoms with Gasteiger partial charge < -0.3 is 5.32 Å². The van der Waals surface area contributed by atoms with E-state index in [0.29, 0.717) is 24.7 Å². The molecule has 0 bridgehead atoms. The second-order valence-electron chi connectivity index (χ2n) is 7.41. The second kappa shape index (κ2) is 7.68. The lowest BCUT2D eigenvalue weighted by atomic mass is 9.78. The Morgan fingerprint density at radius 1 is 1.00 bits per heavy atom. The van der Waals surface area contributed by atoms with Crippen LogP contribution in [0.5, 0.6) is 0 Å². The molecule has 1 amide bonds. The molecule has 1 saturated heterocycles. The summed E-state index contributed by atoms with van der Waals surface area (Å²) in [4.78, 5) is 12.0. The molecule has 0 aromatic heterocycles. The van der Waals surface area contributed by atoms with Crippen LogP contribution >= 0.6 is 0 Å². The topological polar surface area (TPSA) is 63.2 Å². The van der Waals surface area contributed by atoms with Crippen LogP contribution < -0.4 is 5.32 Å². The Bertz CT molecular complexity index is 648. The van der Waals surface area contributed by atoms with E-state index in [4.69, 9.17) is 0 Å². The van der Waals surface area contributed by atoms with Crippen molar-refractivity contribution in [3.63, 3.8) is 0 Å². The molecule has 1 aliphatic carbocycles. The highest BCUT2D eigenvalue weighted by atomic mass is 32.2. The number of nitrogens with one attached hydrogen (secondary N) is 1. The third-order valence-electron chi connectivity index (χ3n) is 5.51. The molecule has 5 heteroatoms. The highest BCUT2D eigenvalue weighted by Crippen LogP contribution is 2.35. The Morgan fingerprint density at radius 3 is 2.33 bits per heavy atom. The van der Waals surface area contributed by atoms with E-state index in [1.54, 1.807) is 0 Å². The number of hydrogen-bond acceptors (Lipinski definition) is 3. The summed E-state index contributed by atoms with van der Waals surface area (Å²) in [6.07, 6.45) is 5.67. The summed E-state index contributed by atoms with van der Waals surface area (Å²) in [5.41, 5.74) is 1.43. The van der Waals surface area contributed by atoms with Gasteiger partial charge in [0.1, 0.15) is 0 Å². The van der Waals surface area contributed by atoms with Gasteiger partial charge in [-0.2, -0.15) is 0 Å². The molecule has 0 radical (unpaired) electrons. The molecule has 132 valence electrons. The first-order valence-electron chi connectivity index (χ1n) is 9.04. The Kier molecular flexibility index (Phi) is 5.59. The van der Waals surface area contributed by atoms with Crippen LogP contribution in [-0.2, 0) is 14.6 Å². The first kappa shape index (κ1) is 17.5. The number of hydrogen-bond donors (Lipinski definition) is 1. The Balaban J connectivity index is 1.37. The zero-order chi connectivity index (χ0) is 17.0. The molecule has 24 heavy (non-hydrogen) atoms. The minimum absolute atomic E-state index is 0.0160. The fraction of sp³-hybridized carbons (Fsp3) is 0.632. The summed E-state index contributed by atoms with van der Waals surface area (Å²) in [5.74, 6) is 1.67. The van der Waals surface area contributed by atoms with Crippen LogP contribution in [0.25, 0.3) is 0 Å². The van der Waals surface area contributed by atoms with Gasteiger partial charge in [0, 0.05) is 13.0 Å². The standard InChI is InChI=1S/C19H27NO3S/c21-19(12-16-10-11-24(22,23)14-16)20-13-15-6-8-18(9-7-15)17-4-2-1-3-5-17/h1-5,15-16,18H,6-14H2,(H,20,21)/t15?,16-,18?/m0/s1. The molecule has 0 unspecified atom stereocenters. The van der Waals surface area contributed by atoms with Gasteiger partial charge in [-0.15, -0.1) is 0 Å². The van der Waals surface area contributed by atoms with Crippen molar-refractivity contribution in [3.8, 4) is 0 Å². The summed E-state index contributed by atoms with van der Waals surface area (Å²) in [7, 11) is -2.89. The van der Waals surface area contributed by atoms with Crippen LogP contribution in [0.4, 0.5) is 0 Å².